The molecule has 0 fully saturated rings. The Bertz CT molecular complexity index is 685. The topological polar surface area (TPSA) is 16.1 Å². The third-order valence-electron chi connectivity index (χ3n) is 3.78. The zero-order chi connectivity index (χ0) is 15.2. The molecule has 2 nitrogen and oxygen atoms in total. The van der Waals surface area contributed by atoms with E-state index in [9.17, 15) is 13.2 Å². The summed E-state index contributed by atoms with van der Waals surface area (Å²) >= 11 is 5.98. The molecule has 2 aromatic rings. The third kappa shape index (κ3) is 2.58. The first-order chi connectivity index (χ1) is 9.86. The van der Waals surface area contributed by atoms with Gasteiger partial charge in [0, 0.05) is 30.2 Å². The van der Waals surface area contributed by atoms with Crippen molar-refractivity contribution in [3.63, 3.8) is 0 Å². The maximum absolute atomic E-state index is 12.8. The van der Waals surface area contributed by atoms with E-state index in [0.29, 0.717) is 17.0 Å². The number of nitrogens with zero attached hydrogens (tertiary/aromatic N) is 2. The van der Waals surface area contributed by atoms with E-state index in [1.54, 1.807) is 6.07 Å². The van der Waals surface area contributed by atoms with Gasteiger partial charge in [-0.1, -0.05) is 17.7 Å². The number of alkyl halides is 3. The minimum Gasteiger partial charge on any atom is -0.367 e. The second kappa shape index (κ2) is 4.91. The standard InChI is InChI=1S/C15H12ClF3N2/c1-21-13(5-9-2-3-12(16)6-14(9)21)10-4-11(8-20-7-10)15(17,18)19/h2-4,6-8,13H,5H2,1H3. The molecule has 0 amide bonds. The van der Waals surface area contributed by atoms with Crippen LogP contribution in [-0.2, 0) is 12.6 Å². The van der Waals surface area contributed by atoms with E-state index in [0.717, 1.165) is 17.4 Å². The first kappa shape index (κ1) is 14.2. The average molecular weight is 313 g/mol. The molecule has 0 radical (unpaired) electrons. The molecular formula is C15H12ClF3N2. The van der Waals surface area contributed by atoms with Gasteiger partial charge in [-0.15, -0.1) is 0 Å². The van der Waals surface area contributed by atoms with Crippen LogP contribution in [0.3, 0.4) is 0 Å². The zero-order valence-corrected chi connectivity index (χ0v) is 11.9. The van der Waals surface area contributed by atoms with Gasteiger partial charge >= 0.3 is 6.18 Å². The van der Waals surface area contributed by atoms with E-state index >= 15 is 0 Å². The Balaban J connectivity index is 1.97. The normalized spacial score (nSPS) is 18.0. The van der Waals surface area contributed by atoms with Crippen LogP contribution in [0.4, 0.5) is 18.9 Å². The van der Waals surface area contributed by atoms with Gasteiger partial charge in [-0.2, -0.15) is 13.2 Å². The summed E-state index contributed by atoms with van der Waals surface area (Å²) in [6.45, 7) is 0. The monoisotopic (exact) mass is 312 g/mol. The van der Waals surface area contributed by atoms with Crippen LogP contribution in [0.25, 0.3) is 0 Å². The fourth-order valence-corrected chi connectivity index (χ4v) is 2.85. The predicted molar refractivity (Wildman–Crippen MR) is 75.5 cm³/mol. The number of hydrogen-bond donors (Lipinski definition) is 0. The number of halogens is 4. The molecule has 1 unspecified atom stereocenters. The van der Waals surface area contributed by atoms with E-state index in [1.807, 2.05) is 24.1 Å². The van der Waals surface area contributed by atoms with Crippen LogP contribution in [0.2, 0.25) is 5.02 Å². The van der Waals surface area contributed by atoms with E-state index in [2.05, 4.69) is 4.98 Å². The van der Waals surface area contributed by atoms with Crippen LogP contribution < -0.4 is 4.90 Å². The van der Waals surface area contributed by atoms with Crippen molar-refractivity contribution in [1.82, 2.24) is 4.98 Å². The fourth-order valence-electron chi connectivity index (χ4n) is 2.69. The number of rotatable bonds is 1. The molecule has 1 aliphatic rings. The molecule has 0 N–H and O–H groups in total. The summed E-state index contributed by atoms with van der Waals surface area (Å²) in [5.74, 6) is 0. The summed E-state index contributed by atoms with van der Waals surface area (Å²) in [5.41, 5.74) is 1.86. The molecule has 0 saturated heterocycles. The number of anilines is 1. The van der Waals surface area contributed by atoms with Gasteiger partial charge in [0.2, 0.25) is 0 Å². The molecule has 1 aromatic carbocycles. The molecule has 0 bridgehead atoms. The van der Waals surface area contributed by atoms with Crippen LogP contribution in [0.5, 0.6) is 0 Å². The summed E-state index contributed by atoms with van der Waals surface area (Å²) in [4.78, 5) is 5.68. The fraction of sp³-hybridized carbons (Fsp3) is 0.267. The van der Waals surface area contributed by atoms with Crippen molar-refractivity contribution in [2.75, 3.05) is 11.9 Å². The van der Waals surface area contributed by atoms with Crippen molar-refractivity contribution >= 4 is 17.3 Å². The highest BCUT2D eigenvalue weighted by molar-refractivity contribution is 6.30. The van der Waals surface area contributed by atoms with Gasteiger partial charge in [-0.05, 0) is 35.7 Å². The van der Waals surface area contributed by atoms with E-state index < -0.39 is 11.7 Å². The summed E-state index contributed by atoms with van der Waals surface area (Å²) in [6.07, 6.45) is -1.39. The molecule has 1 aliphatic heterocycles. The van der Waals surface area contributed by atoms with Gasteiger partial charge in [0.05, 0.1) is 11.6 Å². The smallest absolute Gasteiger partial charge is 0.367 e. The van der Waals surface area contributed by atoms with Crippen molar-refractivity contribution in [2.24, 2.45) is 0 Å². The zero-order valence-electron chi connectivity index (χ0n) is 11.2. The van der Waals surface area contributed by atoms with Crippen LogP contribution in [-0.4, -0.2) is 12.0 Å². The van der Waals surface area contributed by atoms with Gasteiger partial charge in [-0.3, -0.25) is 4.98 Å². The Kier molecular flexibility index (Phi) is 3.32. The molecule has 6 heteroatoms. The molecule has 0 aliphatic carbocycles. The molecule has 3 rings (SSSR count). The Hall–Kier alpha value is -1.75. The van der Waals surface area contributed by atoms with Crippen molar-refractivity contribution < 1.29 is 13.2 Å². The Labute approximate surface area is 125 Å². The van der Waals surface area contributed by atoms with Crippen molar-refractivity contribution in [2.45, 2.75) is 18.6 Å². The maximum Gasteiger partial charge on any atom is 0.417 e. The molecular weight excluding hydrogens is 301 g/mol. The molecule has 1 atom stereocenters. The largest absolute Gasteiger partial charge is 0.417 e. The Morgan fingerprint density at radius 3 is 2.71 bits per heavy atom. The second-order valence-corrected chi connectivity index (χ2v) is 5.55. The minimum atomic E-state index is -4.38. The molecule has 110 valence electrons. The lowest BCUT2D eigenvalue weighted by atomic mass is 10.0. The first-order valence-electron chi connectivity index (χ1n) is 6.39. The maximum atomic E-state index is 12.8. The minimum absolute atomic E-state index is 0.159. The Morgan fingerprint density at radius 1 is 1.24 bits per heavy atom. The summed E-state index contributed by atoms with van der Waals surface area (Å²) in [7, 11) is 1.85. The van der Waals surface area contributed by atoms with E-state index in [1.165, 1.54) is 12.3 Å². The lowest BCUT2D eigenvalue weighted by molar-refractivity contribution is -0.137. The molecule has 0 saturated carbocycles. The van der Waals surface area contributed by atoms with Gasteiger partial charge in [-0.25, -0.2) is 0 Å². The quantitative estimate of drug-likeness (QED) is 0.771. The summed E-state index contributed by atoms with van der Waals surface area (Å²) in [5, 5.41) is 0.614. The van der Waals surface area contributed by atoms with E-state index in [-0.39, 0.29) is 6.04 Å². The highest BCUT2D eigenvalue weighted by Gasteiger charge is 2.33. The van der Waals surface area contributed by atoms with Crippen molar-refractivity contribution in [3.05, 3.63) is 58.4 Å². The number of benzene rings is 1. The van der Waals surface area contributed by atoms with Crippen LogP contribution >= 0.6 is 11.6 Å². The number of hydrogen-bond acceptors (Lipinski definition) is 2. The first-order valence-corrected chi connectivity index (χ1v) is 6.77. The summed E-state index contributed by atoms with van der Waals surface area (Å²) in [6, 6.07) is 6.55. The van der Waals surface area contributed by atoms with Crippen molar-refractivity contribution in [1.29, 1.82) is 0 Å². The highest BCUT2D eigenvalue weighted by Crippen LogP contribution is 2.41. The highest BCUT2D eigenvalue weighted by atomic mass is 35.5. The molecule has 21 heavy (non-hydrogen) atoms. The van der Waals surface area contributed by atoms with Crippen LogP contribution in [0.15, 0.2) is 36.7 Å². The lowest BCUT2D eigenvalue weighted by Gasteiger charge is -2.23. The van der Waals surface area contributed by atoms with Gasteiger partial charge in [0.1, 0.15) is 0 Å². The van der Waals surface area contributed by atoms with Gasteiger partial charge in [0.25, 0.3) is 0 Å². The summed E-state index contributed by atoms with van der Waals surface area (Å²) < 4.78 is 38.4. The number of likely N-dealkylation sites (N-methyl/N-ethyl adjacent to an activating group) is 1. The number of fused-ring (bicyclic) bond motifs is 1. The Morgan fingerprint density at radius 2 is 2.00 bits per heavy atom. The van der Waals surface area contributed by atoms with Crippen molar-refractivity contribution in [3.8, 4) is 0 Å². The van der Waals surface area contributed by atoms with Crippen LogP contribution in [0.1, 0.15) is 22.7 Å². The van der Waals surface area contributed by atoms with Crippen LogP contribution in [0, 0.1) is 0 Å². The van der Waals surface area contributed by atoms with Gasteiger partial charge in [0.15, 0.2) is 0 Å². The molecule has 0 spiro atoms. The predicted octanol–water partition coefficient (Wildman–Crippen LogP) is 4.49. The average Bonchev–Trinajstić information content (AvgIpc) is 2.75. The number of pyridine rings is 1. The third-order valence-corrected chi connectivity index (χ3v) is 4.01. The number of aromatic nitrogens is 1. The SMILES string of the molecule is CN1c2cc(Cl)ccc2CC1c1cncc(C(F)(F)F)c1. The molecule has 2 heterocycles. The lowest BCUT2D eigenvalue weighted by Crippen LogP contribution is -2.20. The van der Waals surface area contributed by atoms with Gasteiger partial charge < -0.3 is 4.90 Å². The van der Waals surface area contributed by atoms with E-state index in [4.69, 9.17) is 11.6 Å². The molecule has 1 aromatic heterocycles. The second-order valence-electron chi connectivity index (χ2n) is 5.11.